The van der Waals surface area contributed by atoms with Crippen molar-refractivity contribution in [3.05, 3.63) is 23.8 Å². The maximum atomic E-state index is 12.6. The SMILES string of the molecule is CC1Sc2ccc(C(=O)N(CCC(=O)O)C(C)C)cc2NC1=O. The highest BCUT2D eigenvalue weighted by molar-refractivity contribution is 8.00. The van der Waals surface area contributed by atoms with Gasteiger partial charge in [-0.05, 0) is 39.0 Å². The second-order valence-electron chi connectivity index (χ2n) is 5.70. The number of nitrogens with one attached hydrogen (secondary N) is 1. The fourth-order valence-corrected chi connectivity index (χ4v) is 3.25. The molecule has 2 amide bonds. The third-order valence-electron chi connectivity index (χ3n) is 3.61. The molecule has 6 nitrogen and oxygen atoms in total. The normalized spacial score (nSPS) is 16.7. The van der Waals surface area contributed by atoms with E-state index >= 15 is 0 Å². The summed E-state index contributed by atoms with van der Waals surface area (Å²) in [5.74, 6) is -1.26. The van der Waals surface area contributed by atoms with E-state index in [0.717, 1.165) is 4.90 Å². The van der Waals surface area contributed by atoms with Gasteiger partial charge in [0.1, 0.15) is 0 Å². The zero-order chi connectivity index (χ0) is 17.1. The van der Waals surface area contributed by atoms with E-state index in [4.69, 9.17) is 5.11 Å². The monoisotopic (exact) mass is 336 g/mol. The minimum absolute atomic E-state index is 0.0845. The summed E-state index contributed by atoms with van der Waals surface area (Å²) in [6, 6.07) is 5.08. The van der Waals surface area contributed by atoms with Crippen molar-refractivity contribution in [1.82, 2.24) is 4.90 Å². The second kappa shape index (κ2) is 7.04. The molecule has 2 rings (SSSR count). The molecular weight excluding hydrogens is 316 g/mol. The first-order valence-corrected chi connectivity index (χ1v) is 8.32. The number of benzene rings is 1. The van der Waals surface area contributed by atoms with Crippen LogP contribution in [0.2, 0.25) is 0 Å². The largest absolute Gasteiger partial charge is 0.481 e. The molecule has 0 aliphatic carbocycles. The molecule has 7 heteroatoms. The Hall–Kier alpha value is -2.02. The van der Waals surface area contributed by atoms with Crippen LogP contribution in [0.3, 0.4) is 0 Å². The van der Waals surface area contributed by atoms with Crippen molar-refractivity contribution in [3.8, 4) is 0 Å². The molecule has 23 heavy (non-hydrogen) atoms. The van der Waals surface area contributed by atoms with E-state index in [1.807, 2.05) is 26.8 Å². The topological polar surface area (TPSA) is 86.7 Å². The standard InChI is InChI=1S/C16H20N2O4S/c1-9(2)18(7-6-14(19)20)16(22)11-4-5-13-12(8-11)17-15(21)10(3)23-13/h4-5,8-10H,6-7H2,1-3H3,(H,17,21)(H,19,20). The number of thioether (sulfide) groups is 1. The number of hydrogen-bond acceptors (Lipinski definition) is 4. The van der Waals surface area contributed by atoms with Gasteiger partial charge in [-0.3, -0.25) is 14.4 Å². The molecule has 2 N–H and O–H groups in total. The van der Waals surface area contributed by atoms with Gasteiger partial charge in [0.05, 0.1) is 17.4 Å². The molecule has 1 unspecified atom stereocenters. The Labute approximate surface area is 139 Å². The number of carboxylic acid groups (broad SMARTS) is 1. The molecule has 1 aliphatic heterocycles. The second-order valence-corrected chi connectivity index (χ2v) is 7.08. The molecule has 0 radical (unpaired) electrons. The first-order chi connectivity index (χ1) is 10.8. The van der Waals surface area contributed by atoms with Crippen LogP contribution in [-0.2, 0) is 9.59 Å². The smallest absolute Gasteiger partial charge is 0.305 e. The van der Waals surface area contributed by atoms with Crippen molar-refractivity contribution < 1.29 is 19.5 Å². The minimum atomic E-state index is -0.938. The Kier molecular flexibility index (Phi) is 5.30. The average Bonchev–Trinajstić information content (AvgIpc) is 2.47. The van der Waals surface area contributed by atoms with Gasteiger partial charge in [-0.2, -0.15) is 0 Å². The van der Waals surface area contributed by atoms with E-state index < -0.39 is 5.97 Å². The summed E-state index contributed by atoms with van der Waals surface area (Å²) in [7, 11) is 0. The maximum Gasteiger partial charge on any atom is 0.305 e. The lowest BCUT2D eigenvalue weighted by Gasteiger charge is -2.27. The summed E-state index contributed by atoms with van der Waals surface area (Å²) in [4.78, 5) is 37.6. The number of amides is 2. The summed E-state index contributed by atoms with van der Waals surface area (Å²) in [6.45, 7) is 5.67. The lowest BCUT2D eigenvalue weighted by atomic mass is 10.1. The number of rotatable bonds is 5. The molecule has 0 spiro atoms. The van der Waals surface area contributed by atoms with Gasteiger partial charge < -0.3 is 15.3 Å². The van der Waals surface area contributed by atoms with Crippen LogP contribution in [-0.4, -0.2) is 45.6 Å². The van der Waals surface area contributed by atoms with Crippen molar-refractivity contribution >= 4 is 35.2 Å². The lowest BCUT2D eigenvalue weighted by Crippen LogP contribution is -2.38. The minimum Gasteiger partial charge on any atom is -0.481 e. The van der Waals surface area contributed by atoms with E-state index in [1.165, 1.54) is 16.7 Å². The first kappa shape index (κ1) is 17.3. The van der Waals surface area contributed by atoms with Crippen LogP contribution in [0, 0.1) is 0 Å². The van der Waals surface area contributed by atoms with Gasteiger partial charge >= 0.3 is 5.97 Å². The van der Waals surface area contributed by atoms with Crippen molar-refractivity contribution in [2.75, 3.05) is 11.9 Å². The average molecular weight is 336 g/mol. The predicted molar refractivity (Wildman–Crippen MR) is 88.8 cm³/mol. The van der Waals surface area contributed by atoms with Gasteiger partial charge in [0, 0.05) is 23.0 Å². The fourth-order valence-electron chi connectivity index (χ4n) is 2.32. The molecule has 1 aromatic rings. The molecule has 0 aromatic heterocycles. The summed E-state index contributed by atoms with van der Waals surface area (Å²) in [5, 5.41) is 11.5. The van der Waals surface area contributed by atoms with E-state index in [0.29, 0.717) is 11.3 Å². The Morgan fingerprint density at radius 1 is 1.39 bits per heavy atom. The number of carboxylic acids is 1. The Bertz CT molecular complexity index is 645. The third-order valence-corrected chi connectivity index (χ3v) is 4.79. The number of carbonyl (C=O) groups excluding carboxylic acids is 2. The molecule has 1 heterocycles. The number of hydrogen-bond donors (Lipinski definition) is 2. The van der Waals surface area contributed by atoms with Gasteiger partial charge in [0.2, 0.25) is 5.91 Å². The van der Waals surface area contributed by atoms with E-state index in [9.17, 15) is 14.4 Å². The van der Waals surface area contributed by atoms with Crippen LogP contribution in [0.15, 0.2) is 23.1 Å². The molecule has 0 saturated heterocycles. The van der Waals surface area contributed by atoms with Crippen LogP contribution in [0.5, 0.6) is 0 Å². The van der Waals surface area contributed by atoms with Gasteiger partial charge in [0.15, 0.2) is 0 Å². The molecule has 0 saturated carbocycles. The quantitative estimate of drug-likeness (QED) is 0.862. The van der Waals surface area contributed by atoms with Crippen LogP contribution in [0.4, 0.5) is 5.69 Å². The van der Waals surface area contributed by atoms with E-state index in [2.05, 4.69) is 5.32 Å². The summed E-state index contributed by atoms with van der Waals surface area (Å²) in [5.41, 5.74) is 1.07. The summed E-state index contributed by atoms with van der Waals surface area (Å²) in [6.07, 6.45) is -0.0983. The van der Waals surface area contributed by atoms with Crippen molar-refractivity contribution in [2.45, 2.75) is 43.4 Å². The highest BCUT2D eigenvalue weighted by Gasteiger charge is 2.25. The van der Waals surface area contributed by atoms with Gasteiger partial charge in [-0.1, -0.05) is 0 Å². The molecule has 1 aliphatic rings. The van der Waals surface area contributed by atoms with Crippen molar-refractivity contribution in [3.63, 3.8) is 0 Å². The number of anilines is 1. The van der Waals surface area contributed by atoms with Crippen molar-refractivity contribution in [2.24, 2.45) is 0 Å². The molecule has 0 bridgehead atoms. The van der Waals surface area contributed by atoms with Crippen LogP contribution >= 0.6 is 11.8 Å². The van der Waals surface area contributed by atoms with E-state index in [-0.39, 0.29) is 36.1 Å². The summed E-state index contributed by atoms with van der Waals surface area (Å²) >= 11 is 1.45. The van der Waals surface area contributed by atoms with E-state index in [1.54, 1.807) is 12.1 Å². The first-order valence-electron chi connectivity index (χ1n) is 7.44. The summed E-state index contributed by atoms with van der Waals surface area (Å²) < 4.78 is 0. The molecular formula is C16H20N2O4S. The molecule has 1 aromatic carbocycles. The number of aliphatic carboxylic acids is 1. The highest BCUT2D eigenvalue weighted by Crippen LogP contribution is 2.36. The van der Waals surface area contributed by atoms with Gasteiger partial charge in [0.25, 0.3) is 5.91 Å². The highest BCUT2D eigenvalue weighted by atomic mass is 32.2. The van der Waals surface area contributed by atoms with Crippen molar-refractivity contribution in [1.29, 1.82) is 0 Å². The number of carbonyl (C=O) groups is 3. The Morgan fingerprint density at radius 2 is 2.09 bits per heavy atom. The number of fused-ring (bicyclic) bond motifs is 1. The molecule has 1 atom stereocenters. The Balaban J connectivity index is 2.23. The van der Waals surface area contributed by atoms with Crippen LogP contribution < -0.4 is 5.32 Å². The maximum absolute atomic E-state index is 12.6. The third kappa shape index (κ3) is 4.04. The predicted octanol–water partition coefficient (Wildman–Crippen LogP) is 2.44. The van der Waals surface area contributed by atoms with Gasteiger partial charge in [-0.15, -0.1) is 11.8 Å². The zero-order valence-electron chi connectivity index (χ0n) is 13.3. The molecule has 124 valence electrons. The van der Waals surface area contributed by atoms with Crippen LogP contribution in [0.25, 0.3) is 0 Å². The van der Waals surface area contributed by atoms with Gasteiger partial charge in [-0.25, -0.2) is 0 Å². The Morgan fingerprint density at radius 3 is 2.70 bits per heavy atom. The fraction of sp³-hybridized carbons (Fsp3) is 0.438. The molecule has 0 fully saturated rings. The lowest BCUT2D eigenvalue weighted by molar-refractivity contribution is -0.137. The number of nitrogens with zero attached hydrogens (tertiary/aromatic N) is 1. The van der Waals surface area contributed by atoms with Crippen LogP contribution in [0.1, 0.15) is 37.6 Å². The zero-order valence-corrected chi connectivity index (χ0v) is 14.1.